The molecule has 136 valence electrons. The molecule has 8 heteroatoms. The van der Waals surface area contributed by atoms with E-state index in [-0.39, 0.29) is 30.8 Å². The molecule has 4 unspecified atom stereocenters. The second-order valence-electron chi connectivity index (χ2n) is 5.58. The van der Waals surface area contributed by atoms with Gasteiger partial charge in [-0.3, -0.25) is 0 Å². The van der Waals surface area contributed by atoms with E-state index < -0.39 is 14.9 Å². The van der Waals surface area contributed by atoms with Crippen LogP contribution in [0.5, 0.6) is 0 Å². The monoisotopic (exact) mass is 350 g/mol. The lowest BCUT2D eigenvalue weighted by Gasteiger charge is -2.36. The number of epoxide rings is 1. The van der Waals surface area contributed by atoms with E-state index in [1.807, 2.05) is 6.08 Å². The van der Waals surface area contributed by atoms with Crippen LogP contribution in [0.4, 0.5) is 0 Å². The van der Waals surface area contributed by atoms with Crippen LogP contribution in [0.3, 0.4) is 0 Å². The summed E-state index contributed by atoms with van der Waals surface area (Å²) < 4.78 is 27.9. The molecule has 0 aliphatic carbocycles. The number of rotatable bonds is 14. The van der Waals surface area contributed by atoms with Crippen LogP contribution < -0.4 is 0 Å². The number of hydrogen-bond donors (Lipinski definition) is 2. The van der Waals surface area contributed by atoms with Crippen LogP contribution in [-0.2, 0) is 22.8 Å². The van der Waals surface area contributed by atoms with Crippen molar-refractivity contribution >= 4 is 8.80 Å². The van der Waals surface area contributed by atoms with Gasteiger partial charge in [0.1, 0.15) is 6.10 Å². The number of aliphatic hydroxyl groups excluding tert-OH is 2. The van der Waals surface area contributed by atoms with Gasteiger partial charge >= 0.3 is 8.80 Å². The average molecular weight is 350 g/mol. The molecule has 0 aromatic rings. The van der Waals surface area contributed by atoms with Crippen LogP contribution >= 0.6 is 0 Å². The standard InChI is InChI=1S/C15H30O7Si/c1-5-6-13(14-11-22-14)15(23(18-2,19-3)20-4)7-8-21-10-12(17)9-16/h5,12-17H,1,6-11H2,2-4H3. The van der Waals surface area contributed by atoms with Crippen molar-refractivity contribution in [2.75, 3.05) is 47.8 Å². The van der Waals surface area contributed by atoms with Crippen LogP contribution in [0.15, 0.2) is 12.7 Å². The van der Waals surface area contributed by atoms with Crippen molar-refractivity contribution in [2.24, 2.45) is 5.92 Å². The number of ether oxygens (including phenoxy) is 2. The molecule has 0 saturated carbocycles. The van der Waals surface area contributed by atoms with E-state index in [1.54, 1.807) is 21.3 Å². The normalized spacial score (nSPS) is 21.7. The lowest BCUT2D eigenvalue weighted by Crippen LogP contribution is -2.51. The van der Waals surface area contributed by atoms with E-state index in [1.165, 1.54) is 0 Å². The van der Waals surface area contributed by atoms with Crippen LogP contribution in [0.2, 0.25) is 5.54 Å². The third-order valence-electron chi connectivity index (χ3n) is 4.19. The molecule has 7 nitrogen and oxygen atoms in total. The van der Waals surface area contributed by atoms with Crippen LogP contribution in [-0.4, -0.2) is 79.0 Å². The molecule has 1 aliphatic heterocycles. The highest BCUT2D eigenvalue weighted by atomic mass is 28.4. The van der Waals surface area contributed by atoms with Gasteiger partial charge in [0.25, 0.3) is 0 Å². The Kier molecular flexibility index (Phi) is 9.48. The number of hydrogen-bond acceptors (Lipinski definition) is 7. The lowest BCUT2D eigenvalue weighted by molar-refractivity contribution is 0.00153. The summed E-state index contributed by atoms with van der Waals surface area (Å²) in [5.74, 6) is 0.186. The summed E-state index contributed by atoms with van der Waals surface area (Å²) in [6.45, 7) is 4.74. The van der Waals surface area contributed by atoms with E-state index in [0.29, 0.717) is 13.0 Å². The number of allylic oxidation sites excluding steroid dienone is 1. The smallest absolute Gasteiger partial charge is 0.394 e. The summed E-state index contributed by atoms with van der Waals surface area (Å²) in [4.78, 5) is 0. The quantitative estimate of drug-likeness (QED) is 0.205. The SMILES string of the molecule is C=CCC(C1CO1)C(CCOCC(O)CO)[Si](OC)(OC)OC. The second-order valence-corrected chi connectivity index (χ2v) is 8.76. The van der Waals surface area contributed by atoms with Crippen molar-refractivity contribution in [1.29, 1.82) is 0 Å². The van der Waals surface area contributed by atoms with Crippen LogP contribution in [0.25, 0.3) is 0 Å². The fourth-order valence-electron chi connectivity index (χ4n) is 2.91. The minimum absolute atomic E-state index is 0.000676. The molecule has 0 radical (unpaired) electrons. The Balaban J connectivity index is 2.76. The van der Waals surface area contributed by atoms with Gasteiger partial charge in [-0.2, -0.15) is 0 Å². The first kappa shape index (κ1) is 20.7. The Morgan fingerprint density at radius 1 is 1.30 bits per heavy atom. The molecule has 1 rings (SSSR count). The van der Waals surface area contributed by atoms with Gasteiger partial charge in [-0.05, 0) is 18.8 Å². The molecular weight excluding hydrogens is 320 g/mol. The van der Waals surface area contributed by atoms with E-state index in [2.05, 4.69) is 6.58 Å². The third-order valence-corrected chi connectivity index (χ3v) is 7.53. The average Bonchev–Trinajstić information content (AvgIpc) is 3.41. The second kappa shape index (κ2) is 10.5. The topological polar surface area (TPSA) is 89.9 Å². The summed E-state index contributed by atoms with van der Waals surface area (Å²) in [6, 6.07) is 0. The van der Waals surface area contributed by atoms with Crippen LogP contribution in [0, 0.1) is 5.92 Å². The van der Waals surface area contributed by atoms with Crippen molar-refractivity contribution < 1.29 is 33.0 Å². The van der Waals surface area contributed by atoms with Gasteiger partial charge < -0.3 is 33.0 Å². The minimum atomic E-state index is -2.88. The molecule has 1 heterocycles. The summed E-state index contributed by atoms with van der Waals surface area (Å²) in [5.41, 5.74) is -0.000676. The highest BCUT2D eigenvalue weighted by Gasteiger charge is 2.54. The summed E-state index contributed by atoms with van der Waals surface area (Å²) in [6.07, 6.45) is 2.60. The van der Waals surface area contributed by atoms with Gasteiger partial charge in [0.2, 0.25) is 0 Å². The highest BCUT2D eigenvalue weighted by molar-refractivity contribution is 6.62. The van der Waals surface area contributed by atoms with Crippen molar-refractivity contribution in [1.82, 2.24) is 0 Å². The van der Waals surface area contributed by atoms with Gasteiger partial charge in [0.05, 0.1) is 25.9 Å². The summed E-state index contributed by atoms with van der Waals surface area (Å²) in [7, 11) is 1.92. The molecular formula is C15H30O7Si. The molecule has 0 amide bonds. The molecule has 0 bridgehead atoms. The van der Waals surface area contributed by atoms with Crippen molar-refractivity contribution in [3.63, 3.8) is 0 Å². The summed E-state index contributed by atoms with van der Waals surface area (Å²) in [5, 5.41) is 18.2. The Hall–Kier alpha value is -0.323. The zero-order valence-corrected chi connectivity index (χ0v) is 15.3. The predicted molar refractivity (Wildman–Crippen MR) is 87.1 cm³/mol. The lowest BCUT2D eigenvalue weighted by atomic mass is 9.95. The van der Waals surface area contributed by atoms with Crippen molar-refractivity contribution in [3.05, 3.63) is 12.7 Å². The molecule has 2 N–H and O–H groups in total. The van der Waals surface area contributed by atoms with Gasteiger partial charge in [0, 0.05) is 33.5 Å². The molecule has 0 spiro atoms. The maximum absolute atomic E-state index is 9.34. The fraction of sp³-hybridized carbons (Fsp3) is 0.867. The van der Waals surface area contributed by atoms with Gasteiger partial charge in [-0.1, -0.05) is 6.08 Å². The zero-order valence-electron chi connectivity index (χ0n) is 14.3. The molecule has 4 atom stereocenters. The van der Waals surface area contributed by atoms with Gasteiger partial charge in [-0.25, -0.2) is 0 Å². The molecule has 23 heavy (non-hydrogen) atoms. The van der Waals surface area contributed by atoms with Crippen LogP contribution in [0.1, 0.15) is 12.8 Å². The zero-order chi connectivity index (χ0) is 17.3. The first-order valence-corrected chi connectivity index (χ1v) is 9.63. The van der Waals surface area contributed by atoms with Crippen molar-refractivity contribution in [3.8, 4) is 0 Å². The maximum Gasteiger partial charge on any atom is 0.503 e. The Bertz CT molecular complexity index is 326. The van der Waals surface area contributed by atoms with Crippen molar-refractivity contribution in [2.45, 2.75) is 30.6 Å². The summed E-state index contributed by atoms with van der Waals surface area (Å²) >= 11 is 0. The Labute approximate surface area is 139 Å². The van der Waals surface area contributed by atoms with Gasteiger partial charge in [-0.15, -0.1) is 6.58 Å². The Morgan fingerprint density at radius 3 is 2.35 bits per heavy atom. The first-order chi connectivity index (χ1) is 11.1. The molecule has 0 aromatic carbocycles. The number of aliphatic hydroxyl groups is 2. The Morgan fingerprint density at radius 2 is 1.91 bits per heavy atom. The predicted octanol–water partition coefficient (Wildman–Crippen LogP) is 0.586. The molecule has 1 aliphatic rings. The van der Waals surface area contributed by atoms with E-state index in [4.69, 9.17) is 27.9 Å². The fourth-order valence-corrected chi connectivity index (χ4v) is 5.66. The maximum atomic E-state index is 9.34. The first-order valence-electron chi connectivity index (χ1n) is 7.83. The third kappa shape index (κ3) is 5.91. The van der Waals surface area contributed by atoms with E-state index in [0.717, 1.165) is 13.0 Å². The van der Waals surface area contributed by atoms with E-state index >= 15 is 0 Å². The molecule has 1 saturated heterocycles. The molecule has 0 aromatic heterocycles. The largest absolute Gasteiger partial charge is 0.503 e. The minimum Gasteiger partial charge on any atom is -0.394 e. The highest BCUT2D eigenvalue weighted by Crippen LogP contribution is 2.42. The molecule has 1 fully saturated rings. The van der Waals surface area contributed by atoms with Gasteiger partial charge in [0.15, 0.2) is 0 Å². The van der Waals surface area contributed by atoms with E-state index in [9.17, 15) is 5.11 Å².